The minimum atomic E-state index is -0.864. The lowest BCUT2D eigenvalue weighted by molar-refractivity contribution is 0.0696. The summed E-state index contributed by atoms with van der Waals surface area (Å²) in [6.07, 6.45) is 5.08. The molecule has 0 aliphatic carbocycles. The van der Waals surface area contributed by atoms with E-state index in [1.807, 2.05) is 6.07 Å². The highest BCUT2D eigenvalue weighted by Gasteiger charge is 2.14. The fourth-order valence-corrected chi connectivity index (χ4v) is 3.02. The first-order valence-corrected chi connectivity index (χ1v) is 7.32. The summed E-state index contributed by atoms with van der Waals surface area (Å²) in [5.74, 6) is 0.153. The minimum Gasteiger partial charge on any atom is -0.478 e. The molecule has 0 radical (unpaired) electrons. The van der Waals surface area contributed by atoms with E-state index < -0.39 is 5.97 Å². The molecule has 1 fully saturated rings. The molecule has 1 atom stereocenters. The molecule has 1 aromatic rings. The molecule has 1 saturated heterocycles. The number of rotatable bonds is 6. The second-order valence-corrected chi connectivity index (χ2v) is 5.63. The third kappa shape index (κ3) is 4.03. The van der Waals surface area contributed by atoms with Crippen molar-refractivity contribution in [2.75, 3.05) is 12.4 Å². The van der Waals surface area contributed by atoms with E-state index in [9.17, 15) is 4.79 Å². The fourth-order valence-electron chi connectivity index (χ4n) is 2.09. The van der Waals surface area contributed by atoms with Gasteiger partial charge in [-0.15, -0.1) is 11.8 Å². The van der Waals surface area contributed by atoms with Gasteiger partial charge < -0.3 is 9.84 Å². The zero-order valence-electron chi connectivity index (χ0n) is 10.3. The van der Waals surface area contributed by atoms with Gasteiger partial charge in [0.2, 0.25) is 0 Å². The Morgan fingerprint density at radius 1 is 1.50 bits per heavy atom. The van der Waals surface area contributed by atoms with Gasteiger partial charge >= 0.3 is 5.97 Å². The molecule has 0 aromatic heterocycles. The van der Waals surface area contributed by atoms with Crippen LogP contribution in [0.25, 0.3) is 0 Å². The van der Waals surface area contributed by atoms with Gasteiger partial charge in [-0.1, -0.05) is 6.07 Å². The van der Waals surface area contributed by atoms with E-state index in [-0.39, 0.29) is 0 Å². The summed E-state index contributed by atoms with van der Waals surface area (Å²) in [4.78, 5) is 11.9. The molecular formula is C14H18O3S. The van der Waals surface area contributed by atoms with Crippen molar-refractivity contribution in [1.29, 1.82) is 0 Å². The van der Waals surface area contributed by atoms with Crippen molar-refractivity contribution in [1.82, 2.24) is 0 Å². The molecule has 3 nitrogen and oxygen atoms in total. The Balaban J connectivity index is 1.72. The molecular weight excluding hydrogens is 248 g/mol. The molecule has 0 bridgehead atoms. The molecule has 1 aliphatic rings. The molecule has 1 aliphatic heterocycles. The highest BCUT2D eigenvalue weighted by atomic mass is 32.2. The first-order chi connectivity index (χ1) is 8.75. The molecule has 98 valence electrons. The van der Waals surface area contributed by atoms with E-state index in [2.05, 4.69) is 0 Å². The summed E-state index contributed by atoms with van der Waals surface area (Å²) in [5.41, 5.74) is 0.360. The van der Waals surface area contributed by atoms with Crippen molar-refractivity contribution in [2.24, 2.45) is 0 Å². The average molecular weight is 266 g/mol. The van der Waals surface area contributed by atoms with E-state index in [4.69, 9.17) is 9.84 Å². The minimum absolute atomic E-state index is 0.360. The van der Waals surface area contributed by atoms with Crippen LogP contribution in [-0.4, -0.2) is 29.5 Å². The molecule has 18 heavy (non-hydrogen) atoms. The maximum atomic E-state index is 10.8. The summed E-state index contributed by atoms with van der Waals surface area (Å²) >= 11 is 1.72. The highest BCUT2D eigenvalue weighted by Crippen LogP contribution is 2.23. The standard InChI is InChI=1S/C14H18O3S/c15-14(16)11-4-1-7-13(10-11)18-9-3-6-12-5-2-8-17-12/h1,4,7,10,12H,2-3,5-6,8-9H2,(H,15,16). The normalized spacial score (nSPS) is 19.0. The van der Waals surface area contributed by atoms with E-state index in [1.54, 1.807) is 30.0 Å². The molecule has 2 rings (SSSR count). The number of benzene rings is 1. The number of thioether (sulfide) groups is 1. The SMILES string of the molecule is O=C(O)c1cccc(SCCCC2CCCO2)c1. The lowest BCUT2D eigenvalue weighted by atomic mass is 10.1. The summed E-state index contributed by atoms with van der Waals surface area (Å²) in [7, 11) is 0. The van der Waals surface area contributed by atoms with E-state index in [1.165, 1.54) is 12.8 Å². The number of aromatic carboxylic acids is 1. The maximum absolute atomic E-state index is 10.8. The first kappa shape index (κ1) is 13.4. The van der Waals surface area contributed by atoms with Crippen LogP contribution >= 0.6 is 11.8 Å². The van der Waals surface area contributed by atoms with Crippen LogP contribution in [0.5, 0.6) is 0 Å². The van der Waals surface area contributed by atoms with Crippen LogP contribution in [0.3, 0.4) is 0 Å². The van der Waals surface area contributed by atoms with Crippen LogP contribution in [0.2, 0.25) is 0 Å². The Morgan fingerprint density at radius 3 is 3.11 bits per heavy atom. The van der Waals surface area contributed by atoms with Crippen molar-refractivity contribution < 1.29 is 14.6 Å². The predicted molar refractivity (Wildman–Crippen MR) is 72.3 cm³/mol. The van der Waals surface area contributed by atoms with Gasteiger partial charge in [0.15, 0.2) is 0 Å². The van der Waals surface area contributed by atoms with Crippen LogP contribution < -0.4 is 0 Å². The lowest BCUT2D eigenvalue weighted by Crippen LogP contribution is -2.04. The zero-order chi connectivity index (χ0) is 12.8. The Labute approximate surface area is 112 Å². The van der Waals surface area contributed by atoms with E-state index in [0.717, 1.165) is 30.1 Å². The van der Waals surface area contributed by atoms with Crippen molar-refractivity contribution in [3.05, 3.63) is 29.8 Å². The molecule has 0 amide bonds. The predicted octanol–water partition coefficient (Wildman–Crippen LogP) is 3.44. The summed E-state index contributed by atoms with van der Waals surface area (Å²) in [6.45, 7) is 0.915. The van der Waals surface area contributed by atoms with Crippen LogP contribution in [0, 0.1) is 0 Å². The number of hydrogen-bond acceptors (Lipinski definition) is 3. The Hall–Kier alpha value is -1.00. The van der Waals surface area contributed by atoms with Gasteiger partial charge in [-0.2, -0.15) is 0 Å². The largest absolute Gasteiger partial charge is 0.478 e. The van der Waals surface area contributed by atoms with Gasteiger partial charge in [0, 0.05) is 11.5 Å². The van der Waals surface area contributed by atoms with E-state index in [0.29, 0.717) is 11.7 Å². The fraction of sp³-hybridized carbons (Fsp3) is 0.500. The second-order valence-electron chi connectivity index (χ2n) is 4.46. The Kier molecular flexibility index (Phi) is 5.08. The van der Waals surface area contributed by atoms with Gasteiger partial charge in [0.05, 0.1) is 11.7 Å². The van der Waals surface area contributed by atoms with Gasteiger partial charge in [-0.05, 0) is 49.6 Å². The van der Waals surface area contributed by atoms with Crippen LogP contribution in [0.4, 0.5) is 0 Å². The first-order valence-electron chi connectivity index (χ1n) is 6.33. The molecule has 1 heterocycles. The van der Waals surface area contributed by atoms with E-state index >= 15 is 0 Å². The Morgan fingerprint density at radius 2 is 2.39 bits per heavy atom. The number of hydrogen-bond donors (Lipinski definition) is 1. The van der Waals surface area contributed by atoms with Crippen LogP contribution in [0.1, 0.15) is 36.0 Å². The molecule has 1 N–H and O–H groups in total. The second kappa shape index (κ2) is 6.81. The quantitative estimate of drug-likeness (QED) is 0.633. The zero-order valence-corrected chi connectivity index (χ0v) is 11.1. The van der Waals surface area contributed by atoms with Gasteiger partial charge in [0.25, 0.3) is 0 Å². The highest BCUT2D eigenvalue weighted by molar-refractivity contribution is 7.99. The van der Waals surface area contributed by atoms with Crippen molar-refractivity contribution >= 4 is 17.7 Å². The smallest absolute Gasteiger partial charge is 0.335 e. The topological polar surface area (TPSA) is 46.5 Å². The van der Waals surface area contributed by atoms with Gasteiger partial charge in [-0.25, -0.2) is 4.79 Å². The van der Waals surface area contributed by atoms with Crippen molar-refractivity contribution in [3.63, 3.8) is 0 Å². The molecule has 1 aromatic carbocycles. The Bertz CT molecular complexity index is 400. The summed E-state index contributed by atoms with van der Waals surface area (Å²) in [5, 5.41) is 8.90. The monoisotopic (exact) mass is 266 g/mol. The number of carboxylic acid groups (broad SMARTS) is 1. The van der Waals surface area contributed by atoms with Crippen molar-refractivity contribution in [3.8, 4) is 0 Å². The molecule has 4 heteroatoms. The molecule has 1 unspecified atom stereocenters. The van der Waals surface area contributed by atoms with Crippen LogP contribution in [-0.2, 0) is 4.74 Å². The average Bonchev–Trinajstić information content (AvgIpc) is 2.88. The van der Waals surface area contributed by atoms with Gasteiger partial charge in [0.1, 0.15) is 0 Å². The summed E-state index contributed by atoms with van der Waals surface area (Å²) in [6, 6.07) is 7.12. The molecule has 0 spiro atoms. The molecule has 0 saturated carbocycles. The maximum Gasteiger partial charge on any atom is 0.335 e. The third-order valence-electron chi connectivity index (χ3n) is 3.04. The van der Waals surface area contributed by atoms with Crippen molar-refractivity contribution in [2.45, 2.75) is 36.7 Å². The number of carbonyl (C=O) groups is 1. The number of ether oxygens (including phenoxy) is 1. The van der Waals surface area contributed by atoms with Crippen LogP contribution in [0.15, 0.2) is 29.2 Å². The summed E-state index contributed by atoms with van der Waals surface area (Å²) < 4.78 is 5.57. The van der Waals surface area contributed by atoms with Gasteiger partial charge in [-0.3, -0.25) is 0 Å². The third-order valence-corrected chi connectivity index (χ3v) is 4.12. The number of carboxylic acids is 1. The lowest BCUT2D eigenvalue weighted by Gasteiger charge is -2.08.